The molecule has 0 saturated carbocycles. The van der Waals surface area contributed by atoms with Gasteiger partial charge in [-0.15, -0.1) is 11.8 Å². The summed E-state index contributed by atoms with van der Waals surface area (Å²) >= 11 is 7.18. The second kappa shape index (κ2) is 11.8. The van der Waals surface area contributed by atoms with E-state index in [1.165, 1.54) is 36.0 Å². The molecule has 0 fully saturated rings. The number of fused-ring (bicyclic) bond motifs is 1. The molecule has 4 aromatic rings. The molecule has 0 aliphatic rings. The Hall–Kier alpha value is -4.03. The fraction of sp³-hybridized carbons (Fsp3) is 0.154. The average molecular weight is 577 g/mol. The first-order valence-electron chi connectivity index (χ1n) is 11.4. The number of carbonyl (C=O) groups is 2. The van der Waals surface area contributed by atoms with Crippen LogP contribution in [0, 0.1) is 10.1 Å². The topological polar surface area (TPSA) is 106 Å². The van der Waals surface area contributed by atoms with Gasteiger partial charge in [0.2, 0.25) is 5.91 Å². The van der Waals surface area contributed by atoms with Crippen molar-refractivity contribution in [1.82, 2.24) is 9.88 Å². The van der Waals surface area contributed by atoms with E-state index in [1.54, 1.807) is 0 Å². The number of anilines is 1. The Morgan fingerprint density at radius 2 is 1.77 bits per heavy atom. The van der Waals surface area contributed by atoms with E-state index in [2.05, 4.69) is 10.6 Å². The summed E-state index contributed by atoms with van der Waals surface area (Å²) in [5, 5.41) is 16.9. The van der Waals surface area contributed by atoms with Crippen molar-refractivity contribution in [1.29, 1.82) is 0 Å². The smallest absolute Gasteiger partial charge is 0.350 e. The van der Waals surface area contributed by atoms with E-state index in [0.29, 0.717) is 12.1 Å². The molecular formula is C26H20ClF3N4O4S. The van der Waals surface area contributed by atoms with Crippen LogP contribution in [0.5, 0.6) is 0 Å². The number of nitro benzene ring substituents is 1. The van der Waals surface area contributed by atoms with Crippen molar-refractivity contribution in [2.75, 3.05) is 17.6 Å². The SMILES string of the molecule is O=C(CSc1cn(CCNC(=O)c2ccc([N+](=O)[O-])cc2)c2ccccc12)Nc1cc(C(F)(F)F)ccc1Cl. The zero-order valence-electron chi connectivity index (χ0n) is 20.0. The highest BCUT2D eigenvalue weighted by Crippen LogP contribution is 2.34. The third-order valence-electron chi connectivity index (χ3n) is 5.66. The molecule has 8 nitrogen and oxygen atoms in total. The van der Waals surface area contributed by atoms with Crippen molar-refractivity contribution in [2.24, 2.45) is 0 Å². The lowest BCUT2D eigenvalue weighted by atomic mass is 10.2. The maximum atomic E-state index is 13.0. The van der Waals surface area contributed by atoms with E-state index < -0.39 is 22.6 Å². The summed E-state index contributed by atoms with van der Waals surface area (Å²) in [6, 6.07) is 15.5. The number of rotatable bonds is 9. The molecule has 0 atom stereocenters. The van der Waals surface area contributed by atoms with E-state index in [4.69, 9.17) is 11.6 Å². The molecule has 3 aromatic carbocycles. The number of halogens is 4. The van der Waals surface area contributed by atoms with Crippen molar-refractivity contribution >= 4 is 57.5 Å². The van der Waals surface area contributed by atoms with Crippen molar-refractivity contribution in [3.05, 3.63) is 99.2 Å². The fourth-order valence-corrected chi connectivity index (χ4v) is 4.82. The first-order valence-corrected chi connectivity index (χ1v) is 12.8. The minimum Gasteiger partial charge on any atom is -0.350 e. The zero-order valence-corrected chi connectivity index (χ0v) is 21.6. The van der Waals surface area contributed by atoms with E-state index >= 15 is 0 Å². The minimum atomic E-state index is -4.57. The number of benzene rings is 3. The molecule has 0 spiro atoms. The van der Waals surface area contributed by atoms with Gasteiger partial charge >= 0.3 is 6.18 Å². The summed E-state index contributed by atoms with van der Waals surface area (Å²) in [4.78, 5) is 35.9. The van der Waals surface area contributed by atoms with Crippen LogP contribution in [-0.2, 0) is 17.5 Å². The number of hydrogen-bond acceptors (Lipinski definition) is 5. The Balaban J connectivity index is 1.39. The van der Waals surface area contributed by atoms with Crippen molar-refractivity contribution < 1.29 is 27.7 Å². The number of aromatic nitrogens is 1. The Morgan fingerprint density at radius 1 is 1.05 bits per heavy atom. The molecular weight excluding hydrogens is 557 g/mol. The summed E-state index contributed by atoms with van der Waals surface area (Å²) in [7, 11) is 0. The maximum Gasteiger partial charge on any atom is 0.416 e. The van der Waals surface area contributed by atoms with Gasteiger partial charge in [-0.25, -0.2) is 0 Å². The quantitative estimate of drug-likeness (QED) is 0.137. The Labute approximate surface area is 229 Å². The highest BCUT2D eigenvalue weighted by molar-refractivity contribution is 8.00. The summed E-state index contributed by atoms with van der Waals surface area (Å²) in [6.45, 7) is 0.680. The van der Waals surface area contributed by atoms with E-state index in [9.17, 15) is 32.9 Å². The van der Waals surface area contributed by atoms with Gasteiger partial charge in [0, 0.05) is 52.8 Å². The molecule has 4 rings (SSSR count). The molecule has 2 N–H and O–H groups in total. The number of nitro groups is 1. The third kappa shape index (κ3) is 6.89. The van der Waals surface area contributed by atoms with E-state index in [1.807, 2.05) is 35.0 Å². The molecule has 13 heteroatoms. The lowest BCUT2D eigenvalue weighted by Gasteiger charge is -2.11. The third-order valence-corrected chi connectivity index (χ3v) is 7.03. The van der Waals surface area contributed by atoms with Crippen LogP contribution in [0.2, 0.25) is 5.02 Å². The van der Waals surface area contributed by atoms with Crippen LogP contribution in [0.25, 0.3) is 10.9 Å². The highest BCUT2D eigenvalue weighted by Gasteiger charge is 2.31. The van der Waals surface area contributed by atoms with Crippen LogP contribution >= 0.6 is 23.4 Å². The number of para-hydroxylation sites is 1. The number of carbonyl (C=O) groups excluding carboxylic acids is 2. The molecule has 0 aliphatic heterocycles. The molecule has 0 saturated heterocycles. The van der Waals surface area contributed by atoms with E-state index in [-0.39, 0.29) is 34.6 Å². The second-order valence-corrected chi connectivity index (χ2v) is 9.72. The van der Waals surface area contributed by atoms with Gasteiger partial charge in [-0.1, -0.05) is 29.8 Å². The summed E-state index contributed by atoms with van der Waals surface area (Å²) in [6.07, 6.45) is -2.74. The first kappa shape index (κ1) is 28.0. The lowest BCUT2D eigenvalue weighted by Crippen LogP contribution is -2.27. The van der Waals surface area contributed by atoms with Crippen LogP contribution in [0.3, 0.4) is 0 Å². The maximum absolute atomic E-state index is 13.0. The Kier molecular flexibility index (Phi) is 8.46. The normalized spacial score (nSPS) is 11.4. The van der Waals surface area contributed by atoms with Crippen LogP contribution < -0.4 is 10.6 Å². The zero-order chi connectivity index (χ0) is 28.2. The average Bonchev–Trinajstić information content (AvgIpc) is 3.25. The minimum absolute atomic E-state index is 0.00581. The van der Waals surface area contributed by atoms with Crippen LogP contribution in [0.1, 0.15) is 15.9 Å². The number of alkyl halides is 3. The van der Waals surface area contributed by atoms with E-state index in [0.717, 1.165) is 34.0 Å². The molecule has 0 bridgehead atoms. The van der Waals surface area contributed by atoms with Gasteiger partial charge in [0.15, 0.2) is 0 Å². The van der Waals surface area contributed by atoms with Crippen molar-refractivity contribution in [3.63, 3.8) is 0 Å². The van der Waals surface area contributed by atoms with Crippen LogP contribution in [-0.4, -0.2) is 33.6 Å². The molecule has 0 aliphatic carbocycles. The molecule has 202 valence electrons. The number of thioether (sulfide) groups is 1. The summed E-state index contributed by atoms with van der Waals surface area (Å²) in [5.41, 5.74) is 0.0101. The van der Waals surface area contributed by atoms with Crippen LogP contribution in [0.15, 0.2) is 77.8 Å². The number of hydrogen-bond donors (Lipinski definition) is 2. The number of amides is 2. The molecule has 2 amide bonds. The number of non-ortho nitro benzene ring substituents is 1. The van der Waals surface area contributed by atoms with Gasteiger partial charge in [0.25, 0.3) is 11.6 Å². The van der Waals surface area contributed by atoms with Crippen LogP contribution in [0.4, 0.5) is 24.5 Å². The number of nitrogens with zero attached hydrogens (tertiary/aromatic N) is 2. The van der Waals surface area contributed by atoms with Crippen molar-refractivity contribution in [3.8, 4) is 0 Å². The predicted molar refractivity (Wildman–Crippen MR) is 143 cm³/mol. The number of nitrogens with one attached hydrogen (secondary N) is 2. The lowest BCUT2D eigenvalue weighted by molar-refractivity contribution is -0.384. The summed E-state index contributed by atoms with van der Waals surface area (Å²) < 4.78 is 40.9. The molecule has 0 unspecified atom stereocenters. The summed E-state index contributed by atoms with van der Waals surface area (Å²) in [5.74, 6) is -0.966. The second-order valence-electron chi connectivity index (χ2n) is 8.29. The monoisotopic (exact) mass is 576 g/mol. The molecule has 0 radical (unpaired) electrons. The largest absolute Gasteiger partial charge is 0.416 e. The van der Waals surface area contributed by atoms with Crippen molar-refractivity contribution in [2.45, 2.75) is 17.6 Å². The molecule has 1 aromatic heterocycles. The molecule has 1 heterocycles. The Bertz CT molecular complexity index is 1540. The van der Waals surface area contributed by atoms with Gasteiger partial charge in [-0.3, -0.25) is 19.7 Å². The Morgan fingerprint density at radius 3 is 2.46 bits per heavy atom. The van der Waals surface area contributed by atoms with Gasteiger partial charge in [0.1, 0.15) is 0 Å². The van der Waals surface area contributed by atoms with Gasteiger partial charge in [-0.05, 0) is 36.4 Å². The van der Waals surface area contributed by atoms with Gasteiger partial charge in [0.05, 0.1) is 26.9 Å². The predicted octanol–water partition coefficient (Wildman–Crippen LogP) is 6.38. The van der Waals surface area contributed by atoms with Gasteiger partial charge < -0.3 is 15.2 Å². The standard InChI is InChI=1S/C26H20ClF3N4O4S/c27-20-10-7-17(26(28,29)30)13-21(20)32-24(35)15-39-23-14-33(22-4-2-1-3-19(22)23)12-11-31-25(36)16-5-8-18(9-6-16)34(37)38/h1-10,13-14H,11-12,15H2,(H,31,36)(H,32,35). The molecule has 39 heavy (non-hydrogen) atoms. The fourth-order valence-electron chi connectivity index (χ4n) is 3.77. The first-order chi connectivity index (χ1) is 18.5. The highest BCUT2D eigenvalue weighted by atomic mass is 35.5. The van der Waals surface area contributed by atoms with Gasteiger partial charge in [-0.2, -0.15) is 13.2 Å².